The molecule has 1 aromatic carbocycles. The van der Waals surface area contributed by atoms with Crippen molar-refractivity contribution in [1.29, 1.82) is 0 Å². The molecule has 0 bridgehead atoms. The van der Waals surface area contributed by atoms with E-state index in [4.69, 9.17) is 16.3 Å². The number of rotatable bonds is 5. The fraction of sp³-hybridized carbons (Fsp3) is 0.211. The summed E-state index contributed by atoms with van der Waals surface area (Å²) in [6.45, 7) is 0.588. The third-order valence-corrected chi connectivity index (χ3v) is 5.60. The second kappa shape index (κ2) is 7.73. The molecule has 4 rings (SSSR count). The number of nitrogens with zero attached hydrogens (tertiary/aromatic N) is 2. The molecule has 9 heteroatoms. The maximum atomic E-state index is 13.5. The minimum Gasteiger partial charge on any atom is -0.497 e. The van der Waals surface area contributed by atoms with Gasteiger partial charge < -0.3 is 15.4 Å². The van der Waals surface area contributed by atoms with Crippen molar-refractivity contribution in [2.45, 2.75) is 12.3 Å². The number of hydrogen-bond acceptors (Lipinski definition) is 6. The van der Waals surface area contributed by atoms with Gasteiger partial charge in [0.1, 0.15) is 17.4 Å². The molecule has 0 saturated carbocycles. The van der Waals surface area contributed by atoms with Gasteiger partial charge in [-0.3, -0.25) is 4.79 Å². The van der Waals surface area contributed by atoms with E-state index in [1.807, 2.05) is 5.38 Å². The average molecular weight is 419 g/mol. The highest BCUT2D eigenvalue weighted by Gasteiger charge is 2.27. The first-order chi connectivity index (χ1) is 13.5. The predicted molar refractivity (Wildman–Crippen MR) is 107 cm³/mol. The van der Waals surface area contributed by atoms with Crippen molar-refractivity contribution in [2.75, 3.05) is 24.3 Å². The van der Waals surface area contributed by atoms with Crippen molar-refractivity contribution in [3.63, 3.8) is 0 Å². The van der Waals surface area contributed by atoms with Gasteiger partial charge in [0.2, 0.25) is 5.91 Å². The summed E-state index contributed by atoms with van der Waals surface area (Å²) >= 11 is 7.52. The van der Waals surface area contributed by atoms with Gasteiger partial charge in [-0.1, -0.05) is 17.7 Å². The Morgan fingerprint density at radius 1 is 1.46 bits per heavy atom. The quantitative estimate of drug-likeness (QED) is 0.653. The summed E-state index contributed by atoms with van der Waals surface area (Å²) in [4.78, 5) is 20.9. The number of ether oxygens (including phenoxy) is 1. The first-order valence-electron chi connectivity index (χ1n) is 8.50. The lowest BCUT2D eigenvalue weighted by Crippen LogP contribution is -2.15. The minimum absolute atomic E-state index is 0.101. The van der Waals surface area contributed by atoms with Crippen LogP contribution in [0, 0.1) is 5.82 Å². The van der Waals surface area contributed by atoms with E-state index < -0.39 is 0 Å². The summed E-state index contributed by atoms with van der Waals surface area (Å²) in [5.41, 5.74) is 2.24. The van der Waals surface area contributed by atoms with Crippen LogP contribution in [0.1, 0.15) is 22.7 Å². The standard InChI is InChI=1S/C19H16ClFN4O2S/c1-27-12-3-2-10(15(20)6-12)4-17(26)25-19-24-16(9-28-19)14-8-23-18-13(14)5-11(21)7-22-18/h2-3,5-7,9,14H,4,8H2,1H3,(H,22,23)(H,24,25,26). The maximum Gasteiger partial charge on any atom is 0.230 e. The fourth-order valence-electron chi connectivity index (χ4n) is 3.08. The molecular weight excluding hydrogens is 403 g/mol. The molecule has 3 heterocycles. The molecule has 6 nitrogen and oxygen atoms in total. The topological polar surface area (TPSA) is 76.1 Å². The van der Waals surface area contributed by atoms with E-state index in [9.17, 15) is 9.18 Å². The lowest BCUT2D eigenvalue weighted by molar-refractivity contribution is -0.115. The summed E-state index contributed by atoms with van der Waals surface area (Å²) in [5.74, 6) is 0.601. The number of hydrogen-bond donors (Lipinski definition) is 2. The minimum atomic E-state index is -0.382. The van der Waals surface area contributed by atoms with Crippen molar-refractivity contribution in [1.82, 2.24) is 9.97 Å². The molecule has 2 aromatic heterocycles. The highest BCUT2D eigenvalue weighted by Crippen LogP contribution is 2.36. The molecular formula is C19H16ClFN4O2S. The zero-order valence-corrected chi connectivity index (χ0v) is 16.4. The highest BCUT2D eigenvalue weighted by molar-refractivity contribution is 7.13. The Balaban J connectivity index is 1.44. The van der Waals surface area contributed by atoms with Crippen LogP contribution < -0.4 is 15.4 Å². The SMILES string of the molecule is COc1ccc(CC(=O)Nc2nc(C3CNc4ncc(F)cc43)cs2)c(Cl)c1. The van der Waals surface area contributed by atoms with Gasteiger partial charge in [-0.25, -0.2) is 14.4 Å². The largest absolute Gasteiger partial charge is 0.497 e. The summed E-state index contributed by atoms with van der Waals surface area (Å²) in [6, 6.07) is 6.66. The first-order valence-corrected chi connectivity index (χ1v) is 9.76. The van der Waals surface area contributed by atoms with E-state index >= 15 is 0 Å². The number of carbonyl (C=O) groups excluding carboxylic acids is 1. The number of benzene rings is 1. The number of fused-ring (bicyclic) bond motifs is 1. The van der Waals surface area contributed by atoms with Crippen LogP contribution >= 0.6 is 22.9 Å². The molecule has 0 fully saturated rings. The van der Waals surface area contributed by atoms with Crippen LogP contribution in [0.25, 0.3) is 0 Å². The summed E-state index contributed by atoms with van der Waals surface area (Å²) in [7, 11) is 1.56. The van der Waals surface area contributed by atoms with Crippen molar-refractivity contribution in [3.05, 3.63) is 63.5 Å². The molecule has 1 unspecified atom stereocenters. The average Bonchev–Trinajstić information content (AvgIpc) is 3.29. The maximum absolute atomic E-state index is 13.5. The van der Waals surface area contributed by atoms with Crippen LogP contribution in [0.4, 0.5) is 15.3 Å². The molecule has 2 N–H and O–H groups in total. The Hall–Kier alpha value is -2.71. The molecule has 0 aliphatic carbocycles. The van der Waals surface area contributed by atoms with Crippen LogP contribution in [0.2, 0.25) is 5.02 Å². The first kappa shape index (κ1) is 18.6. The Bertz CT molecular complexity index is 1040. The number of nitrogens with one attached hydrogen (secondary N) is 2. The normalized spacial score (nSPS) is 15.0. The van der Waals surface area contributed by atoms with Gasteiger partial charge in [0.25, 0.3) is 0 Å². The Labute approximate surface area is 169 Å². The van der Waals surface area contributed by atoms with Crippen LogP contribution in [0.15, 0.2) is 35.8 Å². The van der Waals surface area contributed by atoms with Gasteiger partial charge >= 0.3 is 0 Å². The van der Waals surface area contributed by atoms with Crippen molar-refractivity contribution in [3.8, 4) is 5.75 Å². The molecule has 3 aromatic rings. The lowest BCUT2D eigenvalue weighted by atomic mass is 10.0. The number of aromatic nitrogens is 2. The van der Waals surface area contributed by atoms with E-state index in [0.29, 0.717) is 33.8 Å². The van der Waals surface area contributed by atoms with Crippen LogP contribution in [0.3, 0.4) is 0 Å². The Morgan fingerprint density at radius 2 is 2.32 bits per heavy atom. The third kappa shape index (κ3) is 3.79. The highest BCUT2D eigenvalue weighted by atomic mass is 35.5. The second-order valence-electron chi connectivity index (χ2n) is 6.28. The smallest absolute Gasteiger partial charge is 0.230 e. The van der Waals surface area contributed by atoms with Gasteiger partial charge in [-0.05, 0) is 23.8 Å². The molecule has 0 spiro atoms. The number of amides is 1. The zero-order chi connectivity index (χ0) is 19.7. The Kier molecular flexibility index (Phi) is 5.15. The van der Waals surface area contributed by atoms with E-state index in [1.54, 1.807) is 25.3 Å². The van der Waals surface area contributed by atoms with Gasteiger partial charge in [-0.2, -0.15) is 0 Å². The zero-order valence-electron chi connectivity index (χ0n) is 14.8. The van der Waals surface area contributed by atoms with Crippen LogP contribution in [0.5, 0.6) is 5.75 Å². The fourth-order valence-corrected chi connectivity index (χ4v) is 4.10. The third-order valence-electron chi connectivity index (χ3n) is 4.47. The van der Waals surface area contributed by atoms with E-state index in [-0.39, 0.29) is 24.1 Å². The second-order valence-corrected chi connectivity index (χ2v) is 7.55. The molecule has 0 saturated heterocycles. The molecule has 0 radical (unpaired) electrons. The number of anilines is 2. The van der Waals surface area contributed by atoms with E-state index in [0.717, 1.165) is 11.3 Å². The van der Waals surface area contributed by atoms with Crippen molar-refractivity contribution >= 4 is 39.8 Å². The van der Waals surface area contributed by atoms with Crippen LogP contribution in [-0.2, 0) is 11.2 Å². The van der Waals surface area contributed by atoms with Gasteiger partial charge in [0.05, 0.1) is 25.4 Å². The number of pyridine rings is 1. The monoisotopic (exact) mass is 418 g/mol. The molecule has 1 atom stereocenters. The number of halogens is 2. The summed E-state index contributed by atoms with van der Waals surface area (Å²) in [5, 5.41) is 8.76. The van der Waals surface area contributed by atoms with Crippen molar-refractivity contribution in [2.24, 2.45) is 0 Å². The van der Waals surface area contributed by atoms with Gasteiger partial charge in [-0.15, -0.1) is 11.3 Å². The summed E-state index contributed by atoms with van der Waals surface area (Å²) in [6.07, 6.45) is 1.31. The molecule has 28 heavy (non-hydrogen) atoms. The van der Waals surface area contributed by atoms with Crippen molar-refractivity contribution < 1.29 is 13.9 Å². The van der Waals surface area contributed by atoms with E-state index in [1.165, 1.54) is 23.6 Å². The number of methoxy groups -OCH3 is 1. The Morgan fingerprint density at radius 3 is 3.11 bits per heavy atom. The molecule has 1 amide bonds. The summed E-state index contributed by atoms with van der Waals surface area (Å²) < 4.78 is 18.6. The lowest BCUT2D eigenvalue weighted by Gasteiger charge is -2.07. The van der Waals surface area contributed by atoms with E-state index in [2.05, 4.69) is 20.6 Å². The van der Waals surface area contributed by atoms with Crippen LogP contribution in [-0.4, -0.2) is 29.5 Å². The number of carbonyl (C=O) groups is 1. The predicted octanol–water partition coefficient (Wildman–Crippen LogP) is 4.08. The van der Waals surface area contributed by atoms with Gasteiger partial charge in [0.15, 0.2) is 5.13 Å². The molecule has 144 valence electrons. The van der Waals surface area contributed by atoms with Gasteiger partial charge in [0, 0.05) is 28.4 Å². The molecule has 1 aliphatic rings. The number of thiazole rings is 1. The molecule has 1 aliphatic heterocycles.